The van der Waals surface area contributed by atoms with Crippen LogP contribution < -0.4 is 0 Å². The van der Waals surface area contributed by atoms with Crippen LogP contribution in [0.15, 0.2) is 48.6 Å². The Hall–Kier alpha value is -2.36. The van der Waals surface area contributed by atoms with Crippen LogP contribution in [0.2, 0.25) is 0 Å². The van der Waals surface area contributed by atoms with Gasteiger partial charge in [0.05, 0.1) is 4.92 Å². The molecule has 0 saturated carbocycles. The minimum atomic E-state index is -0.589. The van der Waals surface area contributed by atoms with E-state index in [9.17, 15) is 15.2 Å². The van der Waals surface area contributed by atoms with Crippen molar-refractivity contribution in [2.24, 2.45) is 5.41 Å². The maximum atomic E-state index is 10.8. The van der Waals surface area contributed by atoms with Gasteiger partial charge in [0.1, 0.15) is 0 Å². The molecule has 0 heterocycles. The van der Waals surface area contributed by atoms with Gasteiger partial charge >= 0.3 is 5.69 Å². The lowest BCUT2D eigenvalue weighted by atomic mass is 9.84. The summed E-state index contributed by atoms with van der Waals surface area (Å²) in [5.41, 5.74) is 1.50. The number of nitro groups is 1. The van der Waals surface area contributed by atoms with E-state index in [0.717, 1.165) is 12.8 Å². The van der Waals surface area contributed by atoms with Crippen molar-refractivity contribution >= 4 is 11.8 Å². The second kappa shape index (κ2) is 7.59. The Kier molecular flexibility index (Phi) is 6.11. The van der Waals surface area contributed by atoms with Crippen molar-refractivity contribution in [3.8, 4) is 5.75 Å². The summed E-state index contributed by atoms with van der Waals surface area (Å²) < 4.78 is 0. The molecule has 0 bridgehead atoms. The molecule has 0 aliphatic rings. The Morgan fingerprint density at radius 1 is 1.45 bits per heavy atom. The lowest BCUT2D eigenvalue weighted by Crippen LogP contribution is -2.08. The first-order valence-electron chi connectivity index (χ1n) is 7.21. The highest BCUT2D eigenvalue weighted by atomic mass is 16.6. The summed E-state index contributed by atoms with van der Waals surface area (Å²) in [6.45, 7) is 10.1. The predicted molar refractivity (Wildman–Crippen MR) is 90.8 cm³/mol. The largest absolute Gasteiger partial charge is 0.502 e. The minimum Gasteiger partial charge on any atom is -0.502 e. The molecule has 1 aromatic rings. The van der Waals surface area contributed by atoms with E-state index in [1.807, 2.05) is 18.2 Å². The number of hydrogen-bond acceptors (Lipinski definition) is 3. The lowest BCUT2D eigenvalue weighted by molar-refractivity contribution is -0.385. The number of rotatable bonds is 7. The molecule has 4 nitrogen and oxygen atoms in total. The number of hydrogen-bond donors (Lipinski definition) is 1. The van der Waals surface area contributed by atoms with Gasteiger partial charge in [-0.25, -0.2) is 0 Å². The van der Waals surface area contributed by atoms with Gasteiger partial charge in [-0.15, -0.1) is 6.58 Å². The smallest absolute Gasteiger partial charge is 0.311 e. The second-order valence-corrected chi connectivity index (χ2v) is 5.87. The zero-order chi connectivity index (χ0) is 16.8. The molecule has 0 spiro atoms. The van der Waals surface area contributed by atoms with Crippen molar-refractivity contribution in [3.05, 3.63) is 64.3 Å². The maximum Gasteiger partial charge on any atom is 0.311 e. The van der Waals surface area contributed by atoms with Crippen LogP contribution in [0.25, 0.3) is 6.08 Å². The molecule has 1 N–H and O–H groups in total. The zero-order valence-electron chi connectivity index (χ0n) is 13.4. The molecular formula is C18H23NO3. The van der Waals surface area contributed by atoms with Crippen molar-refractivity contribution < 1.29 is 10.0 Å². The van der Waals surface area contributed by atoms with Gasteiger partial charge in [0.2, 0.25) is 0 Å². The monoisotopic (exact) mass is 301 g/mol. The van der Waals surface area contributed by atoms with Crippen LogP contribution in [0.4, 0.5) is 5.69 Å². The summed E-state index contributed by atoms with van der Waals surface area (Å²) in [6, 6.07) is 4.36. The van der Waals surface area contributed by atoms with E-state index in [-0.39, 0.29) is 16.9 Å². The van der Waals surface area contributed by atoms with Gasteiger partial charge < -0.3 is 5.11 Å². The summed E-state index contributed by atoms with van der Waals surface area (Å²) >= 11 is 0. The van der Waals surface area contributed by atoms with Crippen molar-refractivity contribution in [1.29, 1.82) is 0 Å². The molecule has 1 aromatic carbocycles. The highest BCUT2D eigenvalue weighted by molar-refractivity contribution is 5.58. The molecule has 0 saturated heterocycles. The van der Waals surface area contributed by atoms with Crippen LogP contribution in [0, 0.1) is 15.5 Å². The SMILES string of the molecule is C=CC(C)(/C=C/c1ccc(O)c([N+](=O)[O-])c1)CCC=C(C)C. The van der Waals surface area contributed by atoms with E-state index >= 15 is 0 Å². The van der Waals surface area contributed by atoms with Gasteiger partial charge in [-0.2, -0.15) is 0 Å². The zero-order valence-corrected chi connectivity index (χ0v) is 13.4. The quantitative estimate of drug-likeness (QED) is 0.425. The fraction of sp³-hybridized carbons (Fsp3) is 0.333. The Balaban J connectivity index is 2.92. The predicted octanol–water partition coefficient (Wildman–Crippen LogP) is 5.25. The highest BCUT2D eigenvalue weighted by Gasteiger charge is 2.16. The molecule has 0 aliphatic heterocycles. The first-order valence-corrected chi connectivity index (χ1v) is 7.21. The molecule has 0 amide bonds. The number of aromatic hydroxyl groups is 1. The fourth-order valence-corrected chi connectivity index (χ4v) is 2.00. The summed E-state index contributed by atoms with van der Waals surface area (Å²) in [7, 11) is 0. The van der Waals surface area contributed by atoms with Crippen molar-refractivity contribution in [3.63, 3.8) is 0 Å². The number of nitro benzene ring substituents is 1. The van der Waals surface area contributed by atoms with Gasteiger partial charge in [0, 0.05) is 11.5 Å². The maximum absolute atomic E-state index is 10.8. The summed E-state index contributed by atoms with van der Waals surface area (Å²) in [4.78, 5) is 10.2. The third-order valence-corrected chi connectivity index (χ3v) is 3.55. The lowest BCUT2D eigenvalue weighted by Gasteiger charge is -2.20. The fourth-order valence-electron chi connectivity index (χ4n) is 2.00. The second-order valence-electron chi connectivity index (χ2n) is 5.87. The van der Waals surface area contributed by atoms with Crippen molar-refractivity contribution in [1.82, 2.24) is 0 Å². The molecule has 0 fully saturated rings. The van der Waals surface area contributed by atoms with Crippen LogP contribution in [0.3, 0.4) is 0 Å². The third-order valence-electron chi connectivity index (χ3n) is 3.55. The average Bonchev–Trinajstić information content (AvgIpc) is 2.45. The van der Waals surface area contributed by atoms with E-state index in [2.05, 4.69) is 33.4 Å². The molecular weight excluding hydrogens is 278 g/mol. The summed E-state index contributed by atoms with van der Waals surface area (Å²) in [6.07, 6.45) is 9.76. The summed E-state index contributed by atoms with van der Waals surface area (Å²) in [5.74, 6) is -0.322. The van der Waals surface area contributed by atoms with E-state index < -0.39 is 4.92 Å². The van der Waals surface area contributed by atoms with Gasteiger partial charge in [0.25, 0.3) is 0 Å². The first-order chi connectivity index (χ1) is 10.3. The number of phenols is 1. The molecule has 1 atom stereocenters. The Bertz CT molecular complexity index is 613. The molecule has 0 radical (unpaired) electrons. The van der Waals surface area contributed by atoms with Gasteiger partial charge in [-0.05, 0) is 38.3 Å². The molecule has 1 unspecified atom stereocenters. The normalized spacial score (nSPS) is 13.6. The Morgan fingerprint density at radius 2 is 2.14 bits per heavy atom. The van der Waals surface area contributed by atoms with Crippen LogP contribution in [-0.2, 0) is 0 Å². The Labute approximate surface area is 131 Å². The number of nitrogens with zero attached hydrogens (tertiary/aromatic N) is 1. The van der Waals surface area contributed by atoms with Crippen molar-refractivity contribution in [2.45, 2.75) is 33.6 Å². The van der Waals surface area contributed by atoms with E-state index in [0.29, 0.717) is 5.56 Å². The molecule has 1 rings (SSSR count). The van der Waals surface area contributed by atoms with Crippen LogP contribution in [0.5, 0.6) is 5.75 Å². The summed E-state index contributed by atoms with van der Waals surface area (Å²) in [5, 5.41) is 20.3. The minimum absolute atomic E-state index is 0.182. The highest BCUT2D eigenvalue weighted by Crippen LogP contribution is 2.30. The molecule has 22 heavy (non-hydrogen) atoms. The Morgan fingerprint density at radius 3 is 2.68 bits per heavy atom. The topological polar surface area (TPSA) is 63.4 Å². The number of benzene rings is 1. The van der Waals surface area contributed by atoms with E-state index in [1.165, 1.54) is 17.7 Å². The van der Waals surface area contributed by atoms with Gasteiger partial charge in [0.15, 0.2) is 5.75 Å². The number of allylic oxidation sites excluding steroid dienone is 4. The van der Waals surface area contributed by atoms with Gasteiger partial charge in [-0.1, -0.05) is 42.9 Å². The van der Waals surface area contributed by atoms with Crippen LogP contribution in [-0.4, -0.2) is 10.0 Å². The van der Waals surface area contributed by atoms with Crippen molar-refractivity contribution in [2.75, 3.05) is 0 Å². The van der Waals surface area contributed by atoms with Crippen LogP contribution >= 0.6 is 0 Å². The number of phenolic OH excluding ortho intramolecular Hbond substituents is 1. The third kappa shape index (κ3) is 5.20. The average molecular weight is 301 g/mol. The standard InChI is InChI=1S/C18H23NO3/c1-5-18(4,11-6-7-14(2)3)12-10-15-8-9-17(20)16(13-15)19(21)22/h5,7-10,12-13,20H,1,6,11H2,2-4H3/b12-10+. The molecule has 118 valence electrons. The molecule has 0 aliphatic carbocycles. The molecule has 0 aromatic heterocycles. The molecule has 4 heteroatoms. The van der Waals surface area contributed by atoms with Crippen LogP contribution in [0.1, 0.15) is 39.2 Å². The van der Waals surface area contributed by atoms with E-state index in [4.69, 9.17) is 0 Å². The van der Waals surface area contributed by atoms with E-state index in [1.54, 1.807) is 6.07 Å². The van der Waals surface area contributed by atoms with Gasteiger partial charge in [-0.3, -0.25) is 10.1 Å². The first kappa shape index (κ1) is 17.7.